The summed E-state index contributed by atoms with van der Waals surface area (Å²) >= 11 is 0. The number of likely N-dealkylation sites (tertiary alicyclic amines) is 1. The molecule has 2 fully saturated rings. The van der Waals surface area contributed by atoms with Crippen molar-refractivity contribution < 1.29 is 14.3 Å². The van der Waals surface area contributed by atoms with Gasteiger partial charge in [0.25, 0.3) is 0 Å². The van der Waals surface area contributed by atoms with Crippen LogP contribution in [0.1, 0.15) is 44.1 Å². The third-order valence-corrected chi connectivity index (χ3v) is 5.32. The molecule has 1 saturated heterocycles. The van der Waals surface area contributed by atoms with E-state index >= 15 is 0 Å². The number of methoxy groups -OCH3 is 2. The lowest BCUT2D eigenvalue weighted by Crippen LogP contribution is -2.43. The molecule has 0 spiro atoms. The maximum absolute atomic E-state index is 12.5. The highest BCUT2D eigenvalue weighted by Gasteiger charge is 2.45. The van der Waals surface area contributed by atoms with E-state index in [1.165, 1.54) is 18.4 Å². The van der Waals surface area contributed by atoms with Crippen LogP contribution >= 0.6 is 0 Å². The number of amides is 2. The maximum atomic E-state index is 12.5. The van der Waals surface area contributed by atoms with Gasteiger partial charge in [-0.1, -0.05) is 18.9 Å². The topological polar surface area (TPSA) is 50.8 Å². The Morgan fingerprint density at radius 3 is 2.33 bits per heavy atom. The number of urea groups is 1. The molecule has 132 valence electrons. The predicted molar refractivity (Wildman–Crippen MR) is 93.9 cm³/mol. The van der Waals surface area contributed by atoms with Crippen LogP contribution in [0.2, 0.25) is 0 Å². The minimum atomic E-state index is 0.0566. The summed E-state index contributed by atoms with van der Waals surface area (Å²) in [5.41, 5.74) is 1.28. The quantitative estimate of drug-likeness (QED) is 0.900. The van der Waals surface area contributed by atoms with E-state index in [0.29, 0.717) is 6.54 Å². The van der Waals surface area contributed by atoms with E-state index in [0.717, 1.165) is 50.3 Å². The Labute approximate surface area is 144 Å². The number of ether oxygens (including phenoxy) is 2. The number of nitrogens with zero attached hydrogens (tertiary/aromatic N) is 1. The second-order valence-corrected chi connectivity index (χ2v) is 6.91. The minimum absolute atomic E-state index is 0.0566. The van der Waals surface area contributed by atoms with E-state index in [1.807, 2.05) is 17.0 Å². The average molecular weight is 332 g/mol. The van der Waals surface area contributed by atoms with Crippen molar-refractivity contribution in [3.63, 3.8) is 0 Å². The molecule has 1 heterocycles. The van der Waals surface area contributed by atoms with Crippen LogP contribution in [0.4, 0.5) is 4.79 Å². The van der Waals surface area contributed by atoms with Gasteiger partial charge >= 0.3 is 6.03 Å². The summed E-state index contributed by atoms with van der Waals surface area (Å²) in [6, 6.07) is 6.17. The number of hydrogen-bond acceptors (Lipinski definition) is 3. The van der Waals surface area contributed by atoms with Gasteiger partial charge in [-0.25, -0.2) is 4.79 Å². The first kappa shape index (κ1) is 16.9. The van der Waals surface area contributed by atoms with Gasteiger partial charge < -0.3 is 19.7 Å². The molecule has 1 saturated carbocycles. The number of rotatable bonds is 5. The van der Waals surface area contributed by atoms with Gasteiger partial charge in [0.1, 0.15) is 0 Å². The average Bonchev–Trinajstić information content (AvgIpc) is 3.43. The van der Waals surface area contributed by atoms with Crippen LogP contribution in [0.25, 0.3) is 0 Å². The molecule has 0 bridgehead atoms. The van der Waals surface area contributed by atoms with Crippen LogP contribution in [0.3, 0.4) is 0 Å². The van der Waals surface area contributed by atoms with Crippen molar-refractivity contribution in [1.29, 1.82) is 0 Å². The zero-order valence-electron chi connectivity index (χ0n) is 14.8. The van der Waals surface area contributed by atoms with Crippen molar-refractivity contribution in [1.82, 2.24) is 10.2 Å². The Morgan fingerprint density at radius 1 is 1.08 bits per heavy atom. The standard InChI is InChI=1S/C19H28N2O3/c1-23-16-8-7-15(13-17(16)24-2)19(9-10-19)14-20-18(22)21-11-5-3-4-6-12-21/h7-8,13H,3-6,9-12,14H2,1-2H3,(H,20,22). The molecule has 1 aliphatic carbocycles. The highest BCUT2D eigenvalue weighted by Crippen LogP contribution is 2.49. The summed E-state index contributed by atoms with van der Waals surface area (Å²) in [5, 5.41) is 3.16. The number of nitrogens with one attached hydrogen (secondary N) is 1. The molecule has 2 amide bonds. The Balaban J connectivity index is 1.63. The van der Waals surface area contributed by atoms with Crippen molar-refractivity contribution in [2.45, 2.75) is 43.9 Å². The zero-order chi connectivity index (χ0) is 17.0. The molecule has 24 heavy (non-hydrogen) atoms. The Bertz CT molecular complexity index is 576. The lowest BCUT2D eigenvalue weighted by Gasteiger charge is -2.24. The van der Waals surface area contributed by atoms with E-state index in [2.05, 4.69) is 11.4 Å². The van der Waals surface area contributed by atoms with E-state index in [9.17, 15) is 4.79 Å². The van der Waals surface area contributed by atoms with Crippen molar-refractivity contribution in [3.05, 3.63) is 23.8 Å². The Morgan fingerprint density at radius 2 is 1.75 bits per heavy atom. The lowest BCUT2D eigenvalue weighted by molar-refractivity contribution is 0.198. The highest BCUT2D eigenvalue weighted by atomic mass is 16.5. The van der Waals surface area contributed by atoms with Crippen LogP contribution in [-0.2, 0) is 5.41 Å². The number of carbonyl (C=O) groups is 1. The molecular weight excluding hydrogens is 304 g/mol. The van der Waals surface area contributed by atoms with Crippen molar-refractivity contribution >= 4 is 6.03 Å². The molecular formula is C19H28N2O3. The smallest absolute Gasteiger partial charge is 0.317 e. The van der Waals surface area contributed by atoms with Gasteiger partial charge in [-0.05, 0) is 43.4 Å². The molecule has 0 atom stereocenters. The van der Waals surface area contributed by atoms with Crippen LogP contribution in [0.5, 0.6) is 11.5 Å². The summed E-state index contributed by atoms with van der Waals surface area (Å²) in [7, 11) is 3.30. The molecule has 5 heteroatoms. The van der Waals surface area contributed by atoms with Crippen molar-refractivity contribution in [3.8, 4) is 11.5 Å². The first-order chi connectivity index (χ1) is 11.7. The minimum Gasteiger partial charge on any atom is -0.493 e. The fourth-order valence-corrected chi connectivity index (χ4v) is 3.51. The van der Waals surface area contributed by atoms with Crippen molar-refractivity contribution in [2.24, 2.45) is 0 Å². The molecule has 0 radical (unpaired) electrons. The van der Waals surface area contributed by atoms with E-state index in [1.54, 1.807) is 14.2 Å². The molecule has 0 aromatic heterocycles. The predicted octanol–water partition coefficient (Wildman–Crippen LogP) is 3.32. The summed E-state index contributed by atoms with van der Waals surface area (Å²) in [5.74, 6) is 1.49. The monoisotopic (exact) mass is 332 g/mol. The fraction of sp³-hybridized carbons (Fsp3) is 0.632. The Hall–Kier alpha value is -1.91. The normalized spacial score (nSPS) is 19.3. The molecule has 0 unspecified atom stereocenters. The maximum Gasteiger partial charge on any atom is 0.317 e. The summed E-state index contributed by atoms with van der Waals surface area (Å²) in [6.45, 7) is 2.46. The molecule has 3 rings (SSSR count). The van der Waals surface area contributed by atoms with E-state index < -0.39 is 0 Å². The van der Waals surface area contributed by atoms with Gasteiger partial charge in [-0.3, -0.25) is 0 Å². The van der Waals surface area contributed by atoms with Gasteiger partial charge in [0.15, 0.2) is 11.5 Å². The van der Waals surface area contributed by atoms with Crippen molar-refractivity contribution in [2.75, 3.05) is 33.9 Å². The molecule has 1 aromatic carbocycles. The molecule has 2 aliphatic rings. The first-order valence-corrected chi connectivity index (χ1v) is 8.94. The lowest BCUT2D eigenvalue weighted by atomic mass is 9.95. The van der Waals surface area contributed by atoms with Crippen LogP contribution < -0.4 is 14.8 Å². The number of carbonyl (C=O) groups excluding carboxylic acids is 1. The van der Waals surface area contributed by atoms with Crippen LogP contribution in [-0.4, -0.2) is 44.8 Å². The van der Waals surface area contributed by atoms with Gasteiger partial charge in [-0.2, -0.15) is 0 Å². The molecule has 1 aliphatic heterocycles. The SMILES string of the molecule is COc1ccc(C2(CNC(=O)N3CCCCCC3)CC2)cc1OC. The summed E-state index contributed by atoms with van der Waals surface area (Å²) in [4.78, 5) is 14.4. The van der Waals surface area contributed by atoms with E-state index in [-0.39, 0.29) is 11.4 Å². The Kier molecular flexibility index (Phi) is 5.17. The van der Waals surface area contributed by atoms with E-state index in [4.69, 9.17) is 9.47 Å². The third-order valence-electron chi connectivity index (χ3n) is 5.32. The van der Waals surface area contributed by atoms with Gasteiger partial charge in [-0.15, -0.1) is 0 Å². The fourth-order valence-electron chi connectivity index (χ4n) is 3.51. The second-order valence-electron chi connectivity index (χ2n) is 6.91. The molecule has 1 aromatic rings. The van der Waals surface area contributed by atoms with Crippen LogP contribution in [0.15, 0.2) is 18.2 Å². The second kappa shape index (κ2) is 7.32. The molecule has 5 nitrogen and oxygen atoms in total. The summed E-state index contributed by atoms with van der Waals surface area (Å²) in [6.07, 6.45) is 6.91. The summed E-state index contributed by atoms with van der Waals surface area (Å²) < 4.78 is 10.7. The number of hydrogen-bond donors (Lipinski definition) is 1. The largest absolute Gasteiger partial charge is 0.493 e. The van der Waals surface area contributed by atoms with Gasteiger partial charge in [0, 0.05) is 25.0 Å². The number of benzene rings is 1. The third kappa shape index (κ3) is 3.60. The highest BCUT2D eigenvalue weighted by molar-refractivity contribution is 5.74. The molecule has 1 N–H and O–H groups in total. The van der Waals surface area contributed by atoms with Gasteiger partial charge in [0.05, 0.1) is 14.2 Å². The first-order valence-electron chi connectivity index (χ1n) is 8.94. The van der Waals surface area contributed by atoms with Gasteiger partial charge in [0.2, 0.25) is 0 Å². The zero-order valence-corrected chi connectivity index (χ0v) is 14.8. The van der Waals surface area contributed by atoms with Crippen LogP contribution in [0, 0.1) is 0 Å².